The van der Waals surface area contributed by atoms with Gasteiger partial charge in [-0.2, -0.15) is 0 Å². The van der Waals surface area contributed by atoms with Gasteiger partial charge in [-0.25, -0.2) is 4.79 Å². The van der Waals surface area contributed by atoms with Crippen molar-refractivity contribution in [3.05, 3.63) is 0 Å². The Hall–Kier alpha value is -1.26. The third kappa shape index (κ3) is 6.36. The molecule has 1 aliphatic heterocycles. The Morgan fingerprint density at radius 2 is 1.95 bits per heavy atom. The van der Waals surface area contributed by atoms with Gasteiger partial charge in [-0.05, 0) is 43.9 Å². The standard InChI is InChI=1S/C16H30N2O3/c1-12(7-8-14(19)20)17-15(21)18-10-5-6-13(9-11-18)16(2,3)4/h12-13H,5-11H2,1-4H3,(H,17,21)(H,19,20). The Bertz CT molecular complexity index is 363. The third-order valence-corrected chi connectivity index (χ3v) is 4.40. The molecule has 0 aromatic carbocycles. The van der Waals surface area contributed by atoms with Crippen molar-refractivity contribution in [2.24, 2.45) is 11.3 Å². The number of aliphatic carboxylic acids is 1. The molecular formula is C16H30N2O3. The SMILES string of the molecule is CC(CCC(=O)O)NC(=O)N1CCCC(C(C)(C)C)CC1. The quantitative estimate of drug-likeness (QED) is 0.838. The van der Waals surface area contributed by atoms with E-state index >= 15 is 0 Å². The van der Waals surface area contributed by atoms with Gasteiger partial charge in [0.25, 0.3) is 0 Å². The maximum Gasteiger partial charge on any atom is 0.317 e. The normalized spacial score (nSPS) is 21.5. The molecule has 0 aromatic rings. The van der Waals surface area contributed by atoms with Crippen LogP contribution in [-0.4, -0.2) is 41.1 Å². The Morgan fingerprint density at radius 1 is 1.29 bits per heavy atom. The van der Waals surface area contributed by atoms with Crippen LogP contribution in [0, 0.1) is 11.3 Å². The van der Waals surface area contributed by atoms with Gasteiger partial charge in [-0.15, -0.1) is 0 Å². The first kappa shape index (κ1) is 17.8. The van der Waals surface area contributed by atoms with Gasteiger partial charge < -0.3 is 15.3 Å². The second-order valence-electron chi connectivity index (χ2n) is 7.26. The summed E-state index contributed by atoms with van der Waals surface area (Å²) < 4.78 is 0. The van der Waals surface area contributed by atoms with Crippen LogP contribution in [0.15, 0.2) is 0 Å². The molecule has 0 aromatic heterocycles. The van der Waals surface area contributed by atoms with Gasteiger partial charge in [0, 0.05) is 25.6 Å². The molecule has 0 radical (unpaired) electrons. The number of amides is 2. The number of hydrogen-bond donors (Lipinski definition) is 2. The number of nitrogens with zero attached hydrogens (tertiary/aromatic N) is 1. The fourth-order valence-electron chi connectivity index (χ4n) is 2.88. The Morgan fingerprint density at radius 3 is 2.52 bits per heavy atom. The molecule has 2 amide bonds. The second-order valence-corrected chi connectivity index (χ2v) is 7.26. The Labute approximate surface area is 128 Å². The number of hydrogen-bond acceptors (Lipinski definition) is 2. The zero-order valence-corrected chi connectivity index (χ0v) is 13.8. The van der Waals surface area contributed by atoms with Gasteiger partial charge in [0.15, 0.2) is 0 Å². The van der Waals surface area contributed by atoms with E-state index in [0.29, 0.717) is 17.8 Å². The molecule has 0 bridgehead atoms. The van der Waals surface area contributed by atoms with Crippen molar-refractivity contribution < 1.29 is 14.7 Å². The predicted octanol–water partition coefficient (Wildman–Crippen LogP) is 3.10. The van der Waals surface area contributed by atoms with Crippen LogP contribution in [0.25, 0.3) is 0 Å². The van der Waals surface area contributed by atoms with Crippen LogP contribution in [0.3, 0.4) is 0 Å². The number of carboxylic acid groups (broad SMARTS) is 1. The van der Waals surface area contributed by atoms with Crippen LogP contribution in [0.2, 0.25) is 0 Å². The first-order valence-corrected chi connectivity index (χ1v) is 7.97. The van der Waals surface area contributed by atoms with Gasteiger partial charge in [-0.1, -0.05) is 20.8 Å². The highest BCUT2D eigenvalue weighted by atomic mass is 16.4. The summed E-state index contributed by atoms with van der Waals surface area (Å²) in [6.45, 7) is 10.2. The van der Waals surface area contributed by atoms with Gasteiger partial charge >= 0.3 is 12.0 Å². The average Bonchev–Trinajstić information content (AvgIpc) is 2.61. The minimum absolute atomic E-state index is 0.0533. The van der Waals surface area contributed by atoms with E-state index in [-0.39, 0.29) is 18.5 Å². The van der Waals surface area contributed by atoms with Crippen molar-refractivity contribution in [2.75, 3.05) is 13.1 Å². The predicted molar refractivity (Wildman–Crippen MR) is 83.2 cm³/mol. The van der Waals surface area contributed by atoms with Gasteiger partial charge in [0.2, 0.25) is 0 Å². The van der Waals surface area contributed by atoms with Crippen LogP contribution in [0.4, 0.5) is 4.79 Å². The largest absolute Gasteiger partial charge is 0.481 e. The molecule has 21 heavy (non-hydrogen) atoms. The van der Waals surface area contributed by atoms with Crippen molar-refractivity contribution in [2.45, 2.75) is 65.8 Å². The summed E-state index contributed by atoms with van der Waals surface area (Å²) in [6, 6.07) is -0.155. The van der Waals surface area contributed by atoms with E-state index in [1.165, 1.54) is 6.42 Å². The Balaban J connectivity index is 2.43. The highest BCUT2D eigenvalue weighted by molar-refractivity contribution is 5.74. The smallest absolute Gasteiger partial charge is 0.317 e. The first-order valence-electron chi connectivity index (χ1n) is 7.97. The number of urea groups is 1. The average molecular weight is 298 g/mol. The van der Waals surface area contributed by atoms with Crippen LogP contribution >= 0.6 is 0 Å². The lowest BCUT2D eigenvalue weighted by Crippen LogP contribution is -2.44. The van der Waals surface area contributed by atoms with Gasteiger partial charge in [0.05, 0.1) is 0 Å². The molecule has 1 fully saturated rings. The lowest BCUT2D eigenvalue weighted by atomic mass is 9.77. The van der Waals surface area contributed by atoms with Crippen molar-refractivity contribution >= 4 is 12.0 Å². The molecule has 122 valence electrons. The molecule has 5 heteroatoms. The van der Waals surface area contributed by atoms with Crippen molar-refractivity contribution in [1.82, 2.24) is 10.2 Å². The van der Waals surface area contributed by atoms with Gasteiger partial charge in [-0.3, -0.25) is 4.79 Å². The number of carboxylic acids is 1. The highest BCUT2D eigenvalue weighted by Gasteiger charge is 2.28. The molecule has 2 N–H and O–H groups in total. The zero-order valence-electron chi connectivity index (χ0n) is 13.8. The van der Waals surface area contributed by atoms with Crippen molar-refractivity contribution in [3.63, 3.8) is 0 Å². The van der Waals surface area contributed by atoms with Crippen molar-refractivity contribution in [3.8, 4) is 0 Å². The maximum absolute atomic E-state index is 12.2. The van der Waals surface area contributed by atoms with Crippen LogP contribution < -0.4 is 5.32 Å². The molecule has 0 spiro atoms. The zero-order chi connectivity index (χ0) is 16.0. The topological polar surface area (TPSA) is 69.6 Å². The molecule has 0 saturated carbocycles. The third-order valence-electron chi connectivity index (χ3n) is 4.40. The second kappa shape index (κ2) is 7.66. The van der Waals surface area contributed by atoms with E-state index in [0.717, 1.165) is 25.9 Å². The summed E-state index contributed by atoms with van der Waals surface area (Å²) in [5.41, 5.74) is 0.293. The molecular weight excluding hydrogens is 268 g/mol. The van der Waals surface area contributed by atoms with Crippen LogP contribution in [-0.2, 0) is 4.79 Å². The number of carbonyl (C=O) groups excluding carboxylic acids is 1. The maximum atomic E-state index is 12.2. The van der Waals surface area contributed by atoms with Crippen LogP contribution in [0.5, 0.6) is 0 Å². The monoisotopic (exact) mass is 298 g/mol. The number of carbonyl (C=O) groups is 2. The molecule has 2 atom stereocenters. The summed E-state index contributed by atoms with van der Waals surface area (Å²) in [5.74, 6) is -0.168. The summed E-state index contributed by atoms with van der Waals surface area (Å²) in [7, 11) is 0. The summed E-state index contributed by atoms with van der Waals surface area (Å²) in [5, 5.41) is 11.6. The summed E-state index contributed by atoms with van der Waals surface area (Å²) in [4.78, 5) is 24.7. The number of nitrogens with one attached hydrogen (secondary N) is 1. The van der Waals surface area contributed by atoms with Gasteiger partial charge in [0.1, 0.15) is 0 Å². The minimum Gasteiger partial charge on any atom is -0.481 e. The van der Waals surface area contributed by atoms with E-state index < -0.39 is 5.97 Å². The molecule has 0 aliphatic carbocycles. The van der Waals surface area contributed by atoms with E-state index in [1.807, 2.05) is 11.8 Å². The Kier molecular flexibility index (Phi) is 6.49. The summed E-state index contributed by atoms with van der Waals surface area (Å²) >= 11 is 0. The van der Waals surface area contributed by atoms with E-state index in [1.54, 1.807) is 0 Å². The molecule has 1 rings (SSSR count). The molecule has 1 saturated heterocycles. The van der Waals surface area contributed by atoms with E-state index in [4.69, 9.17) is 5.11 Å². The highest BCUT2D eigenvalue weighted by Crippen LogP contribution is 2.34. The molecule has 2 unspecified atom stereocenters. The van der Waals surface area contributed by atoms with E-state index in [2.05, 4.69) is 26.1 Å². The molecule has 1 aliphatic rings. The fourth-order valence-corrected chi connectivity index (χ4v) is 2.88. The lowest BCUT2D eigenvalue weighted by molar-refractivity contribution is -0.137. The molecule has 5 nitrogen and oxygen atoms in total. The lowest BCUT2D eigenvalue weighted by Gasteiger charge is -2.30. The van der Waals surface area contributed by atoms with Crippen molar-refractivity contribution in [1.29, 1.82) is 0 Å². The van der Waals surface area contributed by atoms with E-state index in [9.17, 15) is 9.59 Å². The molecule has 1 heterocycles. The summed E-state index contributed by atoms with van der Waals surface area (Å²) in [6.07, 6.45) is 3.81. The number of likely N-dealkylation sites (tertiary alicyclic amines) is 1. The first-order chi connectivity index (χ1) is 9.70. The fraction of sp³-hybridized carbons (Fsp3) is 0.875. The minimum atomic E-state index is -0.820. The number of rotatable bonds is 4. The van der Waals surface area contributed by atoms with Crippen LogP contribution in [0.1, 0.15) is 59.8 Å².